The Hall–Kier alpha value is -5.14. The van der Waals surface area contributed by atoms with Gasteiger partial charge in [0.15, 0.2) is 23.8 Å². The number of ketones is 4. The molecule has 2 fully saturated rings. The quantitative estimate of drug-likeness (QED) is 0.130. The number of nitro groups is 2. The molecule has 0 radical (unpaired) electrons. The summed E-state index contributed by atoms with van der Waals surface area (Å²) in [7, 11) is 0. The molecule has 0 bridgehead atoms. The van der Waals surface area contributed by atoms with Crippen LogP contribution in [0.2, 0.25) is 0 Å². The standard InChI is InChI=1S/C22H12N2O12/c25-15(9-3-1-5-11(7-9)23(31)32)13-17(27)21(29)35-19(13)20-14(18(28)22(30)36-20)16(26)10-4-2-6-12(8-10)24(33)34/h1-8,13-14,19-20H. The highest BCUT2D eigenvalue weighted by molar-refractivity contribution is 6.43. The maximum absolute atomic E-state index is 13.1. The van der Waals surface area contributed by atoms with Crippen LogP contribution in [0.15, 0.2) is 48.5 Å². The molecule has 0 N–H and O–H groups in total. The van der Waals surface area contributed by atoms with Gasteiger partial charge >= 0.3 is 11.9 Å². The summed E-state index contributed by atoms with van der Waals surface area (Å²) in [5.41, 5.74) is -1.67. The maximum Gasteiger partial charge on any atom is 0.376 e. The van der Waals surface area contributed by atoms with E-state index in [0.29, 0.717) is 0 Å². The molecule has 2 aromatic carbocycles. The van der Waals surface area contributed by atoms with Crippen molar-refractivity contribution in [1.82, 2.24) is 0 Å². The molecule has 2 aliphatic rings. The van der Waals surface area contributed by atoms with E-state index in [2.05, 4.69) is 0 Å². The molecule has 2 heterocycles. The normalized spacial score (nSPS) is 23.2. The third-order valence-electron chi connectivity index (χ3n) is 5.68. The Labute approximate surface area is 199 Å². The molecule has 2 saturated heterocycles. The van der Waals surface area contributed by atoms with Crippen LogP contribution in [0.3, 0.4) is 0 Å². The number of carbonyl (C=O) groups excluding carboxylic acids is 6. The van der Waals surface area contributed by atoms with Gasteiger partial charge in [0.2, 0.25) is 0 Å². The van der Waals surface area contributed by atoms with Gasteiger partial charge in [-0.15, -0.1) is 0 Å². The molecule has 0 aromatic heterocycles. The van der Waals surface area contributed by atoms with E-state index in [1.54, 1.807) is 0 Å². The molecular formula is C22H12N2O12. The van der Waals surface area contributed by atoms with Crippen LogP contribution in [0.4, 0.5) is 11.4 Å². The lowest BCUT2D eigenvalue weighted by Gasteiger charge is -2.23. The largest absolute Gasteiger partial charge is 0.451 e. The zero-order valence-electron chi connectivity index (χ0n) is 17.7. The van der Waals surface area contributed by atoms with Crippen LogP contribution in [0.25, 0.3) is 0 Å². The molecular weight excluding hydrogens is 484 g/mol. The molecule has 182 valence electrons. The van der Waals surface area contributed by atoms with Crippen LogP contribution < -0.4 is 0 Å². The number of hydrogen-bond acceptors (Lipinski definition) is 12. The van der Waals surface area contributed by atoms with E-state index in [0.717, 1.165) is 48.5 Å². The summed E-state index contributed by atoms with van der Waals surface area (Å²) >= 11 is 0. The van der Waals surface area contributed by atoms with Gasteiger partial charge in [0.1, 0.15) is 11.8 Å². The van der Waals surface area contributed by atoms with Crippen molar-refractivity contribution >= 4 is 46.4 Å². The summed E-state index contributed by atoms with van der Waals surface area (Å²) in [4.78, 5) is 95.9. The van der Waals surface area contributed by atoms with Crippen molar-refractivity contribution in [2.45, 2.75) is 12.2 Å². The second-order valence-corrected chi connectivity index (χ2v) is 7.77. The number of cyclic esters (lactones) is 2. The van der Waals surface area contributed by atoms with Crippen LogP contribution in [-0.2, 0) is 28.7 Å². The Balaban J connectivity index is 1.73. The number of benzene rings is 2. The first kappa shape index (κ1) is 24.0. The fraction of sp³-hybridized carbons (Fsp3) is 0.182. The van der Waals surface area contributed by atoms with E-state index < -0.39 is 80.3 Å². The number of nitro benzene ring substituents is 2. The van der Waals surface area contributed by atoms with Gasteiger partial charge in [-0.1, -0.05) is 24.3 Å². The average Bonchev–Trinajstić information content (AvgIpc) is 3.32. The SMILES string of the molecule is O=C1OC(C2OC(=O)C(=O)C2C(=O)c2cccc([N+](=O)[O-])c2)C(C(=O)c2cccc([N+](=O)[O-])c2)C1=O. The van der Waals surface area contributed by atoms with Crippen LogP contribution in [-0.4, -0.2) is 57.1 Å². The van der Waals surface area contributed by atoms with Crippen LogP contribution >= 0.6 is 0 Å². The third kappa shape index (κ3) is 4.00. The Bertz CT molecular complexity index is 1290. The van der Waals surface area contributed by atoms with Crippen molar-refractivity contribution in [3.63, 3.8) is 0 Å². The summed E-state index contributed by atoms with van der Waals surface area (Å²) in [6.07, 6.45) is -3.81. The first-order valence-electron chi connectivity index (χ1n) is 10.1. The number of nitrogens with zero attached hydrogens (tertiary/aromatic N) is 2. The van der Waals surface area contributed by atoms with Gasteiger partial charge in [0.25, 0.3) is 22.9 Å². The van der Waals surface area contributed by atoms with Gasteiger partial charge in [-0.2, -0.15) is 0 Å². The molecule has 4 atom stereocenters. The number of esters is 2. The number of hydrogen-bond donors (Lipinski definition) is 0. The van der Waals surface area contributed by atoms with Crippen molar-refractivity contribution in [2.24, 2.45) is 11.8 Å². The van der Waals surface area contributed by atoms with Gasteiger partial charge < -0.3 is 9.47 Å². The van der Waals surface area contributed by atoms with Gasteiger partial charge in [0.05, 0.1) is 9.85 Å². The molecule has 2 aromatic rings. The minimum Gasteiger partial charge on any atom is -0.451 e. The molecule has 14 heteroatoms. The van der Waals surface area contributed by atoms with E-state index in [9.17, 15) is 49.0 Å². The molecule has 0 saturated carbocycles. The average molecular weight is 496 g/mol. The van der Waals surface area contributed by atoms with Gasteiger partial charge in [-0.3, -0.25) is 39.4 Å². The molecule has 4 rings (SSSR count). The van der Waals surface area contributed by atoms with E-state index in [1.165, 1.54) is 0 Å². The van der Waals surface area contributed by atoms with Crippen LogP contribution in [0.1, 0.15) is 20.7 Å². The second-order valence-electron chi connectivity index (χ2n) is 7.77. The van der Waals surface area contributed by atoms with Crippen LogP contribution in [0, 0.1) is 32.1 Å². The highest BCUT2D eigenvalue weighted by Gasteiger charge is 2.60. The zero-order chi connectivity index (χ0) is 26.3. The van der Waals surface area contributed by atoms with Gasteiger partial charge in [-0.05, 0) is 0 Å². The highest BCUT2D eigenvalue weighted by atomic mass is 16.6. The van der Waals surface area contributed by atoms with E-state index in [-0.39, 0.29) is 11.1 Å². The van der Waals surface area contributed by atoms with E-state index in [1.807, 2.05) is 0 Å². The summed E-state index contributed by atoms with van der Waals surface area (Å²) in [6.45, 7) is 0. The topological polar surface area (TPSA) is 207 Å². The Morgan fingerprint density at radius 1 is 0.667 bits per heavy atom. The number of ether oxygens (including phenoxy) is 2. The zero-order valence-corrected chi connectivity index (χ0v) is 17.7. The molecule has 0 amide bonds. The van der Waals surface area contributed by atoms with Crippen molar-refractivity contribution in [1.29, 1.82) is 0 Å². The van der Waals surface area contributed by atoms with Gasteiger partial charge in [-0.25, -0.2) is 9.59 Å². The second kappa shape index (κ2) is 8.90. The van der Waals surface area contributed by atoms with E-state index in [4.69, 9.17) is 9.47 Å². The summed E-state index contributed by atoms with van der Waals surface area (Å²) < 4.78 is 9.86. The summed E-state index contributed by atoms with van der Waals surface area (Å²) in [6, 6.07) is 8.47. The fourth-order valence-corrected chi connectivity index (χ4v) is 4.01. The molecule has 36 heavy (non-hydrogen) atoms. The predicted octanol–water partition coefficient (Wildman–Crippen LogP) is 0.790. The van der Waals surface area contributed by atoms with Crippen LogP contribution in [0.5, 0.6) is 0 Å². The molecule has 0 spiro atoms. The Morgan fingerprint density at radius 3 is 1.36 bits per heavy atom. The number of non-ortho nitro benzene ring substituents is 2. The molecule has 0 aliphatic carbocycles. The Morgan fingerprint density at radius 2 is 1.03 bits per heavy atom. The van der Waals surface area contributed by atoms with Crippen molar-refractivity contribution in [3.05, 3.63) is 79.9 Å². The fourth-order valence-electron chi connectivity index (χ4n) is 4.01. The third-order valence-corrected chi connectivity index (χ3v) is 5.68. The first-order valence-corrected chi connectivity index (χ1v) is 10.1. The lowest BCUT2D eigenvalue weighted by molar-refractivity contribution is -0.385. The monoisotopic (exact) mass is 496 g/mol. The van der Waals surface area contributed by atoms with Gasteiger partial charge in [0, 0.05) is 35.4 Å². The number of Topliss-reactive ketones (excluding diaryl/α,β-unsaturated/α-hetero) is 4. The number of rotatable bonds is 7. The summed E-state index contributed by atoms with van der Waals surface area (Å²) in [5, 5.41) is 22.1. The Kier molecular flexibility index (Phi) is 5.93. The maximum atomic E-state index is 13.1. The predicted molar refractivity (Wildman–Crippen MR) is 112 cm³/mol. The van der Waals surface area contributed by atoms with E-state index >= 15 is 0 Å². The molecule has 14 nitrogen and oxygen atoms in total. The smallest absolute Gasteiger partial charge is 0.376 e. The van der Waals surface area contributed by atoms with Crippen molar-refractivity contribution in [3.8, 4) is 0 Å². The first-order chi connectivity index (χ1) is 17.0. The lowest BCUT2D eigenvalue weighted by atomic mass is 9.81. The van der Waals surface area contributed by atoms with Crippen molar-refractivity contribution in [2.75, 3.05) is 0 Å². The van der Waals surface area contributed by atoms with Crippen molar-refractivity contribution < 1.29 is 48.1 Å². The lowest BCUT2D eigenvalue weighted by Crippen LogP contribution is -2.44. The summed E-state index contributed by atoms with van der Waals surface area (Å²) in [5.74, 6) is -11.9. The molecule has 4 unspecified atom stereocenters. The molecule has 2 aliphatic heterocycles. The highest BCUT2D eigenvalue weighted by Crippen LogP contribution is 2.36. The minimum atomic E-state index is -1.98. The minimum absolute atomic E-state index is 0.344. The number of carbonyl (C=O) groups is 6.